The van der Waals surface area contributed by atoms with Crippen molar-refractivity contribution in [3.05, 3.63) is 29.3 Å². The highest BCUT2D eigenvalue weighted by molar-refractivity contribution is 6.23. The van der Waals surface area contributed by atoms with E-state index in [-0.39, 0.29) is 48.2 Å². The molecule has 0 radical (unpaired) electrons. The summed E-state index contributed by atoms with van der Waals surface area (Å²) in [4.78, 5) is 67.4. The van der Waals surface area contributed by atoms with Crippen molar-refractivity contribution in [1.29, 1.82) is 0 Å². The van der Waals surface area contributed by atoms with Gasteiger partial charge in [0.1, 0.15) is 6.04 Å². The third-order valence-electron chi connectivity index (χ3n) is 7.06. The Balaban J connectivity index is 0.00000274. The van der Waals surface area contributed by atoms with Crippen LogP contribution in [0.4, 0.5) is 5.69 Å². The van der Waals surface area contributed by atoms with Crippen molar-refractivity contribution >= 4 is 47.6 Å². The number of carbonyl (C=O) groups is 5. The Hall–Kier alpha value is -2.98. The van der Waals surface area contributed by atoms with Crippen LogP contribution in [0.2, 0.25) is 0 Å². The van der Waals surface area contributed by atoms with Gasteiger partial charge in [-0.2, -0.15) is 0 Å². The maximum Gasteiger partial charge on any atom is 0.262 e. The standard InChI is InChI=1S/C23H27N5O5.ClH/c29-19-4-3-18(20(30)25-19)28-22(32)16-2-1-15(13-17(16)23(28)33)26-9-5-14(6-10-26)21(31)27-11-7-24-8-12-27;/h1-2,13-14,18,24H,3-12H2,(H,25,29,30);1H. The lowest BCUT2D eigenvalue weighted by molar-refractivity contribution is -0.137. The van der Waals surface area contributed by atoms with E-state index in [1.54, 1.807) is 12.1 Å². The lowest BCUT2D eigenvalue weighted by atomic mass is 9.94. The summed E-state index contributed by atoms with van der Waals surface area (Å²) < 4.78 is 0. The van der Waals surface area contributed by atoms with Crippen molar-refractivity contribution in [2.45, 2.75) is 31.7 Å². The van der Waals surface area contributed by atoms with Gasteiger partial charge in [-0.15, -0.1) is 12.4 Å². The second-order valence-corrected chi connectivity index (χ2v) is 9.01. The maximum atomic E-state index is 13.1. The number of rotatable bonds is 3. The number of benzene rings is 1. The molecule has 1 atom stereocenters. The lowest BCUT2D eigenvalue weighted by Gasteiger charge is -2.36. The molecule has 1 aromatic carbocycles. The van der Waals surface area contributed by atoms with E-state index in [1.807, 2.05) is 11.0 Å². The normalized spacial score (nSPS) is 23.5. The topological polar surface area (TPSA) is 119 Å². The van der Waals surface area contributed by atoms with Crippen LogP contribution in [-0.4, -0.2) is 84.6 Å². The van der Waals surface area contributed by atoms with E-state index in [2.05, 4.69) is 15.5 Å². The molecule has 11 heteroatoms. The van der Waals surface area contributed by atoms with Gasteiger partial charge < -0.3 is 15.1 Å². The first-order chi connectivity index (χ1) is 15.9. The molecule has 3 saturated heterocycles. The van der Waals surface area contributed by atoms with Crippen LogP contribution in [0.3, 0.4) is 0 Å². The first-order valence-electron chi connectivity index (χ1n) is 11.5. The number of nitrogens with zero attached hydrogens (tertiary/aromatic N) is 3. The molecule has 10 nitrogen and oxygen atoms in total. The van der Waals surface area contributed by atoms with E-state index in [0.29, 0.717) is 13.1 Å². The Morgan fingerprint density at radius 1 is 0.882 bits per heavy atom. The Kier molecular flexibility index (Phi) is 6.90. The molecule has 2 N–H and O–H groups in total. The number of piperidine rings is 2. The highest BCUT2D eigenvalue weighted by Crippen LogP contribution is 2.32. The van der Waals surface area contributed by atoms with Crippen LogP contribution < -0.4 is 15.5 Å². The van der Waals surface area contributed by atoms with Crippen molar-refractivity contribution < 1.29 is 24.0 Å². The third kappa shape index (κ3) is 4.27. The second-order valence-electron chi connectivity index (χ2n) is 9.01. The minimum absolute atomic E-state index is 0. The average molecular weight is 490 g/mol. The number of anilines is 1. The van der Waals surface area contributed by atoms with E-state index in [1.165, 1.54) is 0 Å². The van der Waals surface area contributed by atoms with Crippen LogP contribution in [0.5, 0.6) is 0 Å². The summed E-state index contributed by atoms with van der Waals surface area (Å²) >= 11 is 0. The number of piperazine rings is 1. The fourth-order valence-corrected chi connectivity index (χ4v) is 5.18. The zero-order chi connectivity index (χ0) is 23.1. The third-order valence-corrected chi connectivity index (χ3v) is 7.06. The first kappa shape index (κ1) is 24.2. The molecule has 0 spiro atoms. The van der Waals surface area contributed by atoms with Crippen LogP contribution in [0, 0.1) is 5.92 Å². The summed E-state index contributed by atoms with van der Waals surface area (Å²) in [6.07, 6.45) is 1.72. The molecule has 5 amide bonds. The van der Waals surface area contributed by atoms with Gasteiger partial charge in [0.15, 0.2) is 0 Å². The number of hydrogen-bond donors (Lipinski definition) is 2. The molecule has 4 heterocycles. The summed E-state index contributed by atoms with van der Waals surface area (Å²) in [6.45, 7) is 4.57. The highest BCUT2D eigenvalue weighted by atomic mass is 35.5. The van der Waals surface area contributed by atoms with E-state index in [9.17, 15) is 24.0 Å². The molecule has 182 valence electrons. The smallest absolute Gasteiger partial charge is 0.262 e. The van der Waals surface area contributed by atoms with Crippen molar-refractivity contribution in [3.63, 3.8) is 0 Å². The summed E-state index contributed by atoms with van der Waals surface area (Å²) in [5.41, 5.74) is 1.38. The molecule has 0 bridgehead atoms. The van der Waals surface area contributed by atoms with E-state index in [4.69, 9.17) is 0 Å². The van der Waals surface area contributed by atoms with Crippen molar-refractivity contribution in [3.8, 4) is 0 Å². The molecule has 1 aromatic rings. The van der Waals surface area contributed by atoms with Crippen molar-refractivity contribution in [2.24, 2.45) is 5.92 Å². The summed E-state index contributed by atoms with van der Waals surface area (Å²) in [6, 6.07) is 4.19. The van der Waals surface area contributed by atoms with Gasteiger partial charge in [0.2, 0.25) is 17.7 Å². The van der Waals surface area contributed by atoms with Crippen LogP contribution in [0.1, 0.15) is 46.4 Å². The van der Waals surface area contributed by atoms with Gasteiger partial charge in [0.05, 0.1) is 11.1 Å². The molecule has 3 fully saturated rings. The molecule has 4 aliphatic heterocycles. The minimum atomic E-state index is -0.967. The van der Waals surface area contributed by atoms with Crippen LogP contribution in [-0.2, 0) is 14.4 Å². The van der Waals surface area contributed by atoms with Crippen LogP contribution >= 0.6 is 12.4 Å². The molecule has 1 unspecified atom stereocenters. The predicted molar refractivity (Wildman–Crippen MR) is 125 cm³/mol. The Bertz CT molecular complexity index is 1030. The fourth-order valence-electron chi connectivity index (χ4n) is 5.18. The molecule has 5 rings (SSSR count). The zero-order valence-electron chi connectivity index (χ0n) is 18.7. The first-order valence-corrected chi connectivity index (χ1v) is 11.5. The lowest BCUT2D eigenvalue weighted by Crippen LogP contribution is -2.54. The van der Waals surface area contributed by atoms with Gasteiger partial charge >= 0.3 is 0 Å². The largest absolute Gasteiger partial charge is 0.371 e. The number of amides is 5. The number of fused-ring (bicyclic) bond motifs is 1. The Morgan fingerprint density at radius 2 is 1.56 bits per heavy atom. The molecule has 0 aliphatic carbocycles. The van der Waals surface area contributed by atoms with Gasteiger partial charge in [0, 0.05) is 57.3 Å². The number of halogens is 1. The summed E-state index contributed by atoms with van der Waals surface area (Å²) in [5, 5.41) is 5.47. The quantitative estimate of drug-likeness (QED) is 0.580. The Labute approximate surface area is 203 Å². The van der Waals surface area contributed by atoms with Crippen molar-refractivity contribution in [1.82, 2.24) is 20.4 Å². The monoisotopic (exact) mass is 489 g/mol. The van der Waals surface area contributed by atoms with Gasteiger partial charge in [0.25, 0.3) is 11.8 Å². The van der Waals surface area contributed by atoms with E-state index in [0.717, 1.165) is 49.6 Å². The fraction of sp³-hybridized carbons (Fsp3) is 0.522. The molecule has 0 aromatic heterocycles. The molecule has 34 heavy (non-hydrogen) atoms. The molecule has 4 aliphatic rings. The number of carbonyl (C=O) groups excluding carboxylic acids is 5. The number of nitrogens with one attached hydrogen (secondary N) is 2. The number of imide groups is 2. The van der Waals surface area contributed by atoms with Gasteiger partial charge in [-0.1, -0.05) is 0 Å². The molecule has 0 saturated carbocycles. The van der Waals surface area contributed by atoms with E-state index >= 15 is 0 Å². The molecular formula is C23H28ClN5O5. The van der Waals surface area contributed by atoms with Crippen molar-refractivity contribution in [2.75, 3.05) is 44.2 Å². The van der Waals surface area contributed by atoms with Gasteiger partial charge in [-0.25, -0.2) is 0 Å². The predicted octanol–water partition coefficient (Wildman–Crippen LogP) is 0.158. The SMILES string of the molecule is Cl.O=C1CCC(N2C(=O)c3ccc(N4CCC(C(=O)N5CCNCC5)CC4)cc3C2=O)C(=O)N1. The van der Waals surface area contributed by atoms with Crippen LogP contribution in [0.25, 0.3) is 0 Å². The van der Waals surface area contributed by atoms with Crippen LogP contribution in [0.15, 0.2) is 18.2 Å². The zero-order valence-corrected chi connectivity index (χ0v) is 19.6. The van der Waals surface area contributed by atoms with Gasteiger partial charge in [-0.3, -0.25) is 34.2 Å². The summed E-state index contributed by atoms with van der Waals surface area (Å²) in [7, 11) is 0. The number of hydrogen-bond acceptors (Lipinski definition) is 7. The van der Waals surface area contributed by atoms with E-state index < -0.39 is 29.7 Å². The maximum absolute atomic E-state index is 13.1. The molecular weight excluding hydrogens is 462 g/mol. The Morgan fingerprint density at radius 3 is 2.24 bits per heavy atom. The summed E-state index contributed by atoms with van der Waals surface area (Å²) in [5.74, 6) is -1.77. The van der Waals surface area contributed by atoms with Gasteiger partial charge in [-0.05, 0) is 37.5 Å². The minimum Gasteiger partial charge on any atom is -0.371 e. The second kappa shape index (κ2) is 9.71. The highest BCUT2D eigenvalue weighted by Gasteiger charge is 2.44. The average Bonchev–Trinajstić information content (AvgIpc) is 3.09.